The minimum absolute atomic E-state index is 0.386. The molecule has 2 aromatic rings. The molecule has 0 saturated carbocycles. The number of benzene rings is 2. The van der Waals surface area contributed by atoms with E-state index in [1.165, 1.54) is 7.11 Å². The third-order valence-corrected chi connectivity index (χ3v) is 3.31. The van der Waals surface area contributed by atoms with Crippen LogP contribution in [0.1, 0.15) is 16.7 Å². The van der Waals surface area contributed by atoms with E-state index in [4.69, 9.17) is 9.47 Å². The van der Waals surface area contributed by atoms with E-state index in [0.717, 1.165) is 16.7 Å². The Balaban J connectivity index is 2.21. The Bertz CT molecular complexity index is 672. The van der Waals surface area contributed by atoms with Crippen molar-refractivity contribution in [2.24, 2.45) is 0 Å². The van der Waals surface area contributed by atoms with Gasteiger partial charge in [-0.1, -0.05) is 54.6 Å². The van der Waals surface area contributed by atoms with Crippen LogP contribution in [0.2, 0.25) is 0 Å². The topological polar surface area (TPSA) is 35.5 Å². The number of carbonyl (C=O) groups is 1. The van der Waals surface area contributed by atoms with E-state index in [-0.39, 0.29) is 5.97 Å². The van der Waals surface area contributed by atoms with E-state index in [1.807, 2.05) is 54.6 Å². The van der Waals surface area contributed by atoms with Crippen molar-refractivity contribution < 1.29 is 14.3 Å². The van der Waals surface area contributed by atoms with Crippen molar-refractivity contribution in [3.8, 4) is 0 Å². The van der Waals surface area contributed by atoms with Gasteiger partial charge in [0.25, 0.3) is 0 Å². The standard InChI is InChI=1S/C17H14O3/c1-19-17(18)15(12-7-3-2-4-8-12)16-14-10-6-5-9-13(14)11-20-16/h2-10H,11H2,1H3/b16-15+. The van der Waals surface area contributed by atoms with Crippen LogP contribution in [0.15, 0.2) is 54.6 Å². The average Bonchev–Trinajstić information content (AvgIpc) is 2.92. The highest BCUT2D eigenvalue weighted by molar-refractivity contribution is 6.23. The first-order chi connectivity index (χ1) is 9.81. The molecule has 0 N–H and O–H groups in total. The van der Waals surface area contributed by atoms with Crippen molar-refractivity contribution >= 4 is 17.3 Å². The zero-order valence-corrected chi connectivity index (χ0v) is 11.1. The summed E-state index contributed by atoms with van der Waals surface area (Å²) in [7, 11) is 1.38. The molecule has 0 spiro atoms. The van der Waals surface area contributed by atoms with E-state index in [9.17, 15) is 4.79 Å². The molecule has 3 rings (SSSR count). The molecule has 0 bridgehead atoms. The Morgan fingerprint density at radius 3 is 2.50 bits per heavy atom. The first-order valence-corrected chi connectivity index (χ1v) is 6.40. The average molecular weight is 266 g/mol. The van der Waals surface area contributed by atoms with Crippen molar-refractivity contribution in [1.29, 1.82) is 0 Å². The maximum atomic E-state index is 12.1. The number of fused-ring (bicyclic) bond motifs is 1. The van der Waals surface area contributed by atoms with Crippen LogP contribution >= 0.6 is 0 Å². The van der Waals surface area contributed by atoms with Gasteiger partial charge in [0, 0.05) is 11.1 Å². The second-order valence-electron chi connectivity index (χ2n) is 4.51. The molecular weight excluding hydrogens is 252 g/mol. The fourth-order valence-corrected chi connectivity index (χ4v) is 2.35. The molecular formula is C17H14O3. The Morgan fingerprint density at radius 2 is 1.75 bits per heavy atom. The quantitative estimate of drug-likeness (QED) is 0.618. The fourth-order valence-electron chi connectivity index (χ4n) is 2.35. The molecule has 1 aliphatic heterocycles. The molecule has 0 saturated heterocycles. The summed E-state index contributed by atoms with van der Waals surface area (Å²) in [5.41, 5.74) is 3.31. The number of ether oxygens (including phenoxy) is 2. The number of hydrogen-bond acceptors (Lipinski definition) is 3. The van der Waals surface area contributed by atoms with E-state index in [2.05, 4.69) is 0 Å². The lowest BCUT2D eigenvalue weighted by Crippen LogP contribution is -2.06. The number of rotatable bonds is 2. The summed E-state index contributed by atoms with van der Waals surface area (Å²) in [6.45, 7) is 0.485. The van der Waals surface area contributed by atoms with Gasteiger partial charge in [-0.15, -0.1) is 0 Å². The van der Waals surface area contributed by atoms with Crippen molar-refractivity contribution in [2.75, 3.05) is 7.11 Å². The molecule has 0 aromatic heterocycles. The zero-order valence-electron chi connectivity index (χ0n) is 11.1. The summed E-state index contributed by atoms with van der Waals surface area (Å²) in [5, 5.41) is 0. The van der Waals surface area contributed by atoms with Crippen LogP contribution in [0.4, 0.5) is 0 Å². The molecule has 0 radical (unpaired) electrons. The number of carbonyl (C=O) groups excluding carboxylic acids is 1. The molecule has 0 atom stereocenters. The second-order valence-corrected chi connectivity index (χ2v) is 4.51. The van der Waals surface area contributed by atoms with Gasteiger partial charge in [0.15, 0.2) is 0 Å². The highest BCUT2D eigenvalue weighted by atomic mass is 16.5. The maximum Gasteiger partial charge on any atom is 0.342 e. The smallest absolute Gasteiger partial charge is 0.342 e. The summed E-state index contributed by atoms with van der Waals surface area (Å²) in [4.78, 5) is 12.1. The van der Waals surface area contributed by atoms with Gasteiger partial charge in [0.2, 0.25) is 0 Å². The molecule has 20 heavy (non-hydrogen) atoms. The number of hydrogen-bond donors (Lipinski definition) is 0. The summed E-state index contributed by atoms with van der Waals surface area (Å²) in [5.74, 6) is 0.210. The van der Waals surface area contributed by atoms with E-state index < -0.39 is 0 Å². The lowest BCUT2D eigenvalue weighted by Gasteiger charge is -2.10. The van der Waals surface area contributed by atoms with Crippen LogP contribution in [0, 0.1) is 0 Å². The first-order valence-electron chi connectivity index (χ1n) is 6.40. The predicted molar refractivity (Wildman–Crippen MR) is 76.5 cm³/mol. The van der Waals surface area contributed by atoms with Gasteiger partial charge in [0.05, 0.1) is 7.11 Å². The largest absolute Gasteiger partial charge is 0.487 e. The molecule has 0 amide bonds. The van der Waals surface area contributed by atoms with Gasteiger partial charge in [-0.3, -0.25) is 0 Å². The van der Waals surface area contributed by atoms with E-state index in [1.54, 1.807) is 0 Å². The Labute approximate surface area is 117 Å². The molecule has 1 aliphatic rings. The molecule has 0 fully saturated rings. The molecule has 2 aromatic carbocycles. The van der Waals surface area contributed by atoms with Crippen LogP contribution in [0.3, 0.4) is 0 Å². The second kappa shape index (κ2) is 5.21. The minimum Gasteiger partial charge on any atom is -0.487 e. The summed E-state index contributed by atoms with van der Waals surface area (Å²) in [6.07, 6.45) is 0. The third-order valence-electron chi connectivity index (χ3n) is 3.31. The Hall–Kier alpha value is -2.55. The highest BCUT2D eigenvalue weighted by Crippen LogP contribution is 2.36. The van der Waals surface area contributed by atoms with Crippen LogP contribution in [-0.2, 0) is 20.9 Å². The van der Waals surface area contributed by atoms with Crippen LogP contribution < -0.4 is 0 Å². The van der Waals surface area contributed by atoms with Crippen LogP contribution in [0.5, 0.6) is 0 Å². The van der Waals surface area contributed by atoms with Crippen molar-refractivity contribution in [3.63, 3.8) is 0 Å². The summed E-state index contributed by atoms with van der Waals surface area (Å²) in [6, 6.07) is 17.3. The number of methoxy groups -OCH3 is 1. The SMILES string of the molecule is COC(=O)/C(=C1/OCc2ccccc21)c1ccccc1. The van der Waals surface area contributed by atoms with Gasteiger partial charge in [-0.25, -0.2) is 4.79 Å². The maximum absolute atomic E-state index is 12.1. The molecule has 1 heterocycles. The monoisotopic (exact) mass is 266 g/mol. The van der Waals surface area contributed by atoms with Gasteiger partial charge in [-0.2, -0.15) is 0 Å². The summed E-state index contributed by atoms with van der Waals surface area (Å²) >= 11 is 0. The molecule has 0 aliphatic carbocycles. The van der Waals surface area contributed by atoms with Crippen molar-refractivity contribution in [2.45, 2.75) is 6.61 Å². The minimum atomic E-state index is -0.386. The van der Waals surface area contributed by atoms with E-state index >= 15 is 0 Å². The fraction of sp³-hybridized carbons (Fsp3) is 0.118. The van der Waals surface area contributed by atoms with Gasteiger partial charge < -0.3 is 9.47 Å². The van der Waals surface area contributed by atoms with Crippen molar-refractivity contribution in [3.05, 3.63) is 71.3 Å². The lowest BCUT2D eigenvalue weighted by atomic mass is 10.00. The normalized spacial score (nSPS) is 15.2. The Kier molecular flexibility index (Phi) is 3.25. The zero-order chi connectivity index (χ0) is 13.9. The van der Waals surface area contributed by atoms with Crippen molar-refractivity contribution in [1.82, 2.24) is 0 Å². The van der Waals surface area contributed by atoms with Gasteiger partial charge >= 0.3 is 5.97 Å². The first kappa shape index (κ1) is 12.5. The molecule has 0 unspecified atom stereocenters. The lowest BCUT2D eigenvalue weighted by molar-refractivity contribution is -0.133. The summed E-state index contributed by atoms with van der Waals surface area (Å²) < 4.78 is 10.7. The van der Waals surface area contributed by atoms with Crippen LogP contribution in [-0.4, -0.2) is 13.1 Å². The number of esters is 1. The van der Waals surface area contributed by atoms with Crippen LogP contribution in [0.25, 0.3) is 11.3 Å². The predicted octanol–water partition coefficient (Wildman–Crippen LogP) is 3.26. The molecule has 3 heteroatoms. The third kappa shape index (κ3) is 2.07. The molecule has 100 valence electrons. The molecule has 3 nitrogen and oxygen atoms in total. The van der Waals surface area contributed by atoms with Gasteiger partial charge in [0.1, 0.15) is 17.9 Å². The van der Waals surface area contributed by atoms with E-state index in [0.29, 0.717) is 17.9 Å². The van der Waals surface area contributed by atoms with Gasteiger partial charge in [-0.05, 0) is 5.56 Å². The Morgan fingerprint density at radius 1 is 1.05 bits per heavy atom. The highest BCUT2D eigenvalue weighted by Gasteiger charge is 2.26.